The summed E-state index contributed by atoms with van der Waals surface area (Å²) < 4.78 is 10.7. The number of hydrogen-bond donors (Lipinski definition) is 1. The molecule has 2 N–H and O–H groups in total. The summed E-state index contributed by atoms with van der Waals surface area (Å²) in [6.45, 7) is 5.45. The van der Waals surface area contributed by atoms with Crippen molar-refractivity contribution in [3.63, 3.8) is 0 Å². The summed E-state index contributed by atoms with van der Waals surface area (Å²) in [7, 11) is 0. The molecule has 1 aromatic rings. The molecule has 18 heavy (non-hydrogen) atoms. The maximum Gasteiger partial charge on any atom is 0.246 e. The van der Waals surface area contributed by atoms with E-state index in [0.717, 1.165) is 44.6 Å². The van der Waals surface area contributed by atoms with Crippen LogP contribution in [0.15, 0.2) is 4.52 Å². The molecular weight excluding hydrogens is 230 g/mol. The van der Waals surface area contributed by atoms with Crippen LogP contribution in [0.3, 0.4) is 0 Å². The van der Waals surface area contributed by atoms with Crippen molar-refractivity contribution in [2.45, 2.75) is 58.1 Å². The van der Waals surface area contributed by atoms with Crippen LogP contribution in [-0.2, 0) is 16.9 Å². The van der Waals surface area contributed by atoms with Crippen LogP contribution >= 0.6 is 0 Å². The molecule has 5 heteroatoms. The van der Waals surface area contributed by atoms with Crippen LogP contribution < -0.4 is 5.73 Å². The molecule has 1 fully saturated rings. The van der Waals surface area contributed by atoms with Crippen molar-refractivity contribution in [1.82, 2.24) is 10.1 Å². The van der Waals surface area contributed by atoms with Crippen molar-refractivity contribution < 1.29 is 9.26 Å². The van der Waals surface area contributed by atoms with Gasteiger partial charge in [-0.2, -0.15) is 4.98 Å². The van der Waals surface area contributed by atoms with Crippen LogP contribution in [0, 0.1) is 5.92 Å². The van der Waals surface area contributed by atoms with Crippen LogP contribution in [0.1, 0.15) is 57.7 Å². The molecular formula is C13H23N3O2. The van der Waals surface area contributed by atoms with Gasteiger partial charge in [-0.1, -0.05) is 19.0 Å². The van der Waals surface area contributed by atoms with Gasteiger partial charge in [-0.3, -0.25) is 0 Å². The zero-order chi connectivity index (χ0) is 13.0. The Morgan fingerprint density at radius 2 is 2.17 bits per heavy atom. The summed E-state index contributed by atoms with van der Waals surface area (Å²) in [6.07, 6.45) is 5.09. The van der Waals surface area contributed by atoms with Crippen LogP contribution in [0.2, 0.25) is 0 Å². The van der Waals surface area contributed by atoms with Gasteiger partial charge in [0.1, 0.15) is 6.61 Å². The topological polar surface area (TPSA) is 74.2 Å². The van der Waals surface area contributed by atoms with Gasteiger partial charge in [0.25, 0.3) is 0 Å². The van der Waals surface area contributed by atoms with Crippen LogP contribution in [0.4, 0.5) is 0 Å². The van der Waals surface area contributed by atoms with E-state index in [1.807, 2.05) is 0 Å². The first-order valence-corrected chi connectivity index (χ1v) is 6.84. The lowest BCUT2D eigenvalue weighted by molar-refractivity contribution is 0.114. The first kappa shape index (κ1) is 13.5. The molecule has 0 amide bonds. The molecule has 0 aliphatic heterocycles. The lowest BCUT2D eigenvalue weighted by atomic mass is 9.78. The van der Waals surface area contributed by atoms with Crippen molar-refractivity contribution in [2.24, 2.45) is 11.7 Å². The van der Waals surface area contributed by atoms with Gasteiger partial charge in [0, 0.05) is 6.61 Å². The second kappa shape index (κ2) is 5.80. The number of aromatic nitrogens is 2. The zero-order valence-electron chi connectivity index (χ0n) is 11.3. The first-order valence-electron chi connectivity index (χ1n) is 6.84. The molecule has 1 aromatic heterocycles. The summed E-state index contributed by atoms with van der Waals surface area (Å²) in [5.41, 5.74) is 5.95. The van der Waals surface area contributed by atoms with Crippen molar-refractivity contribution >= 4 is 0 Å². The largest absolute Gasteiger partial charge is 0.373 e. The molecule has 1 heterocycles. The van der Waals surface area contributed by atoms with Gasteiger partial charge in [-0.15, -0.1) is 0 Å². The number of nitrogens with zero attached hydrogens (tertiary/aromatic N) is 2. The highest BCUT2D eigenvalue weighted by atomic mass is 16.5. The van der Waals surface area contributed by atoms with Crippen molar-refractivity contribution in [1.29, 1.82) is 0 Å². The van der Waals surface area contributed by atoms with Gasteiger partial charge in [-0.25, -0.2) is 0 Å². The molecule has 5 nitrogen and oxygen atoms in total. The summed E-state index contributed by atoms with van der Waals surface area (Å²) in [6, 6.07) is 0. The van der Waals surface area contributed by atoms with E-state index in [1.165, 1.54) is 0 Å². The molecule has 0 unspecified atom stereocenters. The fraction of sp³-hybridized carbons (Fsp3) is 0.846. The molecule has 102 valence electrons. The normalized spacial score (nSPS) is 28.5. The van der Waals surface area contributed by atoms with Crippen molar-refractivity contribution in [3.8, 4) is 0 Å². The Kier molecular flexibility index (Phi) is 4.35. The van der Waals surface area contributed by atoms with Crippen molar-refractivity contribution in [2.75, 3.05) is 6.61 Å². The lowest BCUT2D eigenvalue weighted by Gasteiger charge is -2.32. The zero-order valence-corrected chi connectivity index (χ0v) is 11.3. The standard InChI is InChI=1S/C13H23N3O2/c1-3-8-17-9-11-15-12(18-16-11)13(14)6-4-10(2)5-7-13/h10H,3-9,14H2,1-2H3. The Morgan fingerprint density at radius 3 is 2.83 bits per heavy atom. The van der Waals surface area contributed by atoms with Gasteiger partial charge in [-0.05, 0) is 38.0 Å². The van der Waals surface area contributed by atoms with Gasteiger partial charge in [0.15, 0.2) is 5.82 Å². The van der Waals surface area contributed by atoms with Gasteiger partial charge < -0.3 is 15.0 Å². The third-order valence-corrected chi connectivity index (χ3v) is 3.64. The van der Waals surface area contributed by atoms with E-state index in [-0.39, 0.29) is 0 Å². The van der Waals surface area contributed by atoms with E-state index in [2.05, 4.69) is 24.0 Å². The Morgan fingerprint density at radius 1 is 1.44 bits per heavy atom. The van der Waals surface area contributed by atoms with Crippen LogP contribution in [0.5, 0.6) is 0 Å². The molecule has 0 spiro atoms. The average molecular weight is 253 g/mol. The molecule has 1 aliphatic rings. The highest BCUT2D eigenvalue weighted by Crippen LogP contribution is 2.36. The van der Waals surface area contributed by atoms with Gasteiger partial charge in [0.2, 0.25) is 5.89 Å². The summed E-state index contributed by atoms with van der Waals surface area (Å²) in [5.74, 6) is 1.92. The third-order valence-electron chi connectivity index (χ3n) is 3.64. The van der Waals surface area contributed by atoms with E-state index in [4.69, 9.17) is 15.0 Å². The van der Waals surface area contributed by atoms with E-state index in [0.29, 0.717) is 18.3 Å². The lowest BCUT2D eigenvalue weighted by Crippen LogP contribution is -2.40. The van der Waals surface area contributed by atoms with E-state index in [1.54, 1.807) is 0 Å². The summed E-state index contributed by atoms with van der Waals surface area (Å²) in [5, 5.41) is 3.94. The van der Waals surface area contributed by atoms with Gasteiger partial charge in [0.05, 0.1) is 5.54 Å². The maximum atomic E-state index is 6.37. The number of ether oxygens (including phenoxy) is 1. The monoisotopic (exact) mass is 253 g/mol. The Hall–Kier alpha value is -0.940. The fourth-order valence-electron chi connectivity index (χ4n) is 2.31. The van der Waals surface area contributed by atoms with Crippen LogP contribution in [-0.4, -0.2) is 16.7 Å². The van der Waals surface area contributed by atoms with Crippen molar-refractivity contribution in [3.05, 3.63) is 11.7 Å². The maximum absolute atomic E-state index is 6.37. The summed E-state index contributed by atoms with van der Waals surface area (Å²) in [4.78, 5) is 4.37. The molecule has 0 saturated heterocycles. The average Bonchev–Trinajstić information content (AvgIpc) is 2.83. The number of rotatable bonds is 5. The third kappa shape index (κ3) is 3.09. The molecule has 1 aliphatic carbocycles. The SMILES string of the molecule is CCCOCc1noc(C2(N)CCC(C)CC2)n1. The molecule has 0 bridgehead atoms. The predicted molar refractivity (Wildman–Crippen MR) is 67.7 cm³/mol. The quantitative estimate of drug-likeness (QED) is 0.815. The first-order chi connectivity index (χ1) is 8.64. The highest BCUT2D eigenvalue weighted by molar-refractivity contribution is 5.03. The smallest absolute Gasteiger partial charge is 0.246 e. The predicted octanol–water partition coefficient (Wildman–Crippen LogP) is 2.36. The van der Waals surface area contributed by atoms with E-state index < -0.39 is 5.54 Å². The minimum atomic E-state index is -0.428. The fourth-order valence-corrected chi connectivity index (χ4v) is 2.31. The molecule has 0 aromatic carbocycles. The number of hydrogen-bond acceptors (Lipinski definition) is 5. The second-order valence-corrected chi connectivity index (χ2v) is 5.41. The molecule has 2 rings (SSSR count). The number of nitrogens with two attached hydrogens (primary N) is 1. The van der Waals surface area contributed by atoms with E-state index in [9.17, 15) is 0 Å². The minimum absolute atomic E-state index is 0.407. The van der Waals surface area contributed by atoms with Gasteiger partial charge >= 0.3 is 0 Å². The van der Waals surface area contributed by atoms with Crippen LogP contribution in [0.25, 0.3) is 0 Å². The van der Waals surface area contributed by atoms with E-state index >= 15 is 0 Å². The molecule has 0 radical (unpaired) electrons. The Balaban J connectivity index is 1.96. The second-order valence-electron chi connectivity index (χ2n) is 5.41. The molecule has 1 saturated carbocycles. The molecule has 0 atom stereocenters. The minimum Gasteiger partial charge on any atom is -0.373 e. The highest BCUT2D eigenvalue weighted by Gasteiger charge is 2.37. The Labute approximate surface area is 108 Å². The Bertz CT molecular complexity index is 370. The summed E-state index contributed by atoms with van der Waals surface area (Å²) >= 11 is 0.